The molecule has 1 aliphatic heterocycles. The Kier molecular flexibility index (Phi) is 4.81. The molecule has 1 aromatic carbocycles. The van der Waals surface area contributed by atoms with Gasteiger partial charge in [0, 0.05) is 23.0 Å². The molecule has 19 heavy (non-hydrogen) atoms. The number of hydrazone groups is 1. The second-order valence-corrected chi connectivity index (χ2v) is 5.77. The minimum absolute atomic E-state index is 0.0773. The van der Waals surface area contributed by atoms with Gasteiger partial charge in [-0.05, 0) is 5.56 Å². The third-order valence-corrected chi connectivity index (χ3v) is 4.01. The van der Waals surface area contributed by atoms with Crippen LogP contribution < -0.4 is 0 Å². The molecular weight excluding hydrogens is 264 g/mol. The molecule has 1 aromatic rings. The maximum absolute atomic E-state index is 11.9. The smallest absolute Gasteiger partial charge is 0.255 e. The molecule has 0 fully saturated rings. The summed E-state index contributed by atoms with van der Waals surface area (Å²) in [6.45, 7) is 0.359. The van der Waals surface area contributed by atoms with Gasteiger partial charge in [0.05, 0.1) is 18.9 Å². The van der Waals surface area contributed by atoms with E-state index in [0.717, 1.165) is 11.3 Å². The topological polar surface area (TPSA) is 70.0 Å². The van der Waals surface area contributed by atoms with Crippen LogP contribution in [-0.4, -0.2) is 50.6 Å². The maximum Gasteiger partial charge on any atom is 0.255 e. The summed E-state index contributed by atoms with van der Waals surface area (Å²) in [6.07, 6.45) is 0.711. The molecule has 1 amide bonds. The van der Waals surface area contributed by atoms with E-state index < -0.39 is 10.8 Å². The first kappa shape index (κ1) is 13.9. The molecule has 1 atom stereocenters. The Morgan fingerprint density at radius 1 is 1.37 bits per heavy atom. The summed E-state index contributed by atoms with van der Waals surface area (Å²) in [5.41, 5.74) is 1.89. The molecule has 6 heteroatoms. The Morgan fingerprint density at radius 3 is 2.79 bits per heavy atom. The lowest BCUT2D eigenvalue weighted by Crippen LogP contribution is -2.29. The number of amides is 1. The highest BCUT2D eigenvalue weighted by atomic mass is 32.2. The highest BCUT2D eigenvalue weighted by Gasteiger charge is 2.22. The van der Waals surface area contributed by atoms with Gasteiger partial charge in [0.15, 0.2) is 0 Å². The van der Waals surface area contributed by atoms with Crippen LogP contribution in [0.1, 0.15) is 12.0 Å². The predicted octanol–water partition coefficient (Wildman–Crippen LogP) is 0.364. The number of aliphatic hydroxyl groups is 1. The zero-order valence-corrected chi connectivity index (χ0v) is 11.3. The number of carbonyl (C=O) groups excluding carboxylic acids is 1. The second kappa shape index (κ2) is 6.58. The van der Waals surface area contributed by atoms with Gasteiger partial charge < -0.3 is 5.11 Å². The van der Waals surface area contributed by atoms with Gasteiger partial charge in [0.2, 0.25) is 0 Å². The van der Waals surface area contributed by atoms with E-state index in [0.29, 0.717) is 13.0 Å². The van der Waals surface area contributed by atoms with Crippen LogP contribution in [0.5, 0.6) is 0 Å². The maximum atomic E-state index is 11.9. The van der Waals surface area contributed by atoms with Crippen LogP contribution in [0.4, 0.5) is 0 Å². The van der Waals surface area contributed by atoms with Crippen LogP contribution in [-0.2, 0) is 15.6 Å². The fourth-order valence-electron chi connectivity index (χ4n) is 1.86. The summed E-state index contributed by atoms with van der Waals surface area (Å²) in [6, 6.07) is 9.70. The Labute approximate surface area is 114 Å². The summed E-state index contributed by atoms with van der Waals surface area (Å²) in [5, 5.41) is 14.3. The van der Waals surface area contributed by atoms with Crippen molar-refractivity contribution >= 4 is 22.4 Å². The van der Waals surface area contributed by atoms with Crippen molar-refractivity contribution in [3.8, 4) is 0 Å². The minimum atomic E-state index is -1.31. The van der Waals surface area contributed by atoms with Crippen molar-refractivity contribution < 1.29 is 14.1 Å². The molecule has 1 unspecified atom stereocenters. The van der Waals surface area contributed by atoms with Crippen LogP contribution >= 0.6 is 0 Å². The van der Waals surface area contributed by atoms with E-state index in [2.05, 4.69) is 5.10 Å². The largest absolute Gasteiger partial charge is 0.395 e. The van der Waals surface area contributed by atoms with Crippen LogP contribution in [0, 0.1) is 0 Å². The fourth-order valence-corrected chi connectivity index (χ4v) is 2.63. The SMILES string of the molecule is O=C(CS(=O)CCO)N1CCC(c2ccccc2)=N1. The van der Waals surface area contributed by atoms with Gasteiger partial charge in [0.25, 0.3) is 5.91 Å². The first-order chi connectivity index (χ1) is 9.20. The van der Waals surface area contributed by atoms with E-state index >= 15 is 0 Å². The molecule has 0 bridgehead atoms. The zero-order chi connectivity index (χ0) is 13.7. The molecule has 0 saturated heterocycles. The first-order valence-corrected chi connectivity index (χ1v) is 7.58. The predicted molar refractivity (Wildman–Crippen MR) is 74.3 cm³/mol. The summed E-state index contributed by atoms with van der Waals surface area (Å²) >= 11 is 0. The van der Waals surface area contributed by atoms with E-state index in [1.807, 2.05) is 30.3 Å². The van der Waals surface area contributed by atoms with Crippen LogP contribution in [0.25, 0.3) is 0 Å². The van der Waals surface area contributed by atoms with Crippen molar-refractivity contribution in [1.29, 1.82) is 0 Å². The summed E-state index contributed by atoms with van der Waals surface area (Å²) in [5.74, 6) is -0.196. The highest BCUT2D eigenvalue weighted by Crippen LogP contribution is 2.13. The molecule has 5 nitrogen and oxygen atoms in total. The number of hydrogen-bond acceptors (Lipinski definition) is 4. The van der Waals surface area contributed by atoms with E-state index in [1.165, 1.54) is 5.01 Å². The fraction of sp³-hybridized carbons (Fsp3) is 0.385. The first-order valence-electron chi connectivity index (χ1n) is 6.10. The molecule has 0 aliphatic carbocycles. The van der Waals surface area contributed by atoms with Crippen molar-refractivity contribution in [2.45, 2.75) is 6.42 Å². The third-order valence-electron chi connectivity index (χ3n) is 2.80. The van der Waals surface area contributed by atoms with Crippen LogP contribution in [0.15, 0.2) is 35.4 Å². The quantitative estimate of drug-likeness (QED) is 0.847. The second-order valence-electron chi connectivity index (χ2n) is 4.19. The molecule has 1 aliphatic rings. The Hall–Kier alpha value is -1.53. The number of benzene rings is 1. The molecule has 0 spiro atoms. The molecule has 1 heterocycles. The third kappa shape index (κ3) is 3.71. The lowest BCUT2D eigenvalue weighted by atomic mass is 10.1. The van der Waals surface area contributed by atoms with Crippen LogP contribution in [0.3, 0.4) is 0 Å². The van der Waals surface area contributed by atoms with Crippen molar-refractivity contribution in [2.75, 3.05) is 24.7 Å². The number of aliphatic hydroxyl groups excluding tert-OH is 1. The normalized spacial score (nSPS) is 16.3. The monoisotopic (exact) mass is 280 g/mol. The number of nitrogens with zero attached hydrogens (tertiary/aromatic N) is 2. The van der Waals surface area contributed by atoms with Crippen molar-refractivity contribution in [3.63, 3.8) is 0 Å². The Bertz CT molecular complexity index is 502. The molecule has 2 rings (SSSR count). The average molecular weight is 280 g/mol. The van der Waals surface area contributed by atoms with Crippen molar-refractivity contribution in [1.82, 2.24) is 5.01 Å². The summed E-state index contributed by atoms with van der Waals surface area (Å²) in [4.78, 5) is 11.9. The summed E-state index contributed by atoms with van der Waals surface area (Å²) < 4.78 is 11.4. The van der Waals surface area contributed by atoms with Gasteiger partial charge in [-0.2, -0.15) is 5.10 Å². The van der Waals surface area contributed by atoms with E-state index in [4.69, 9.17) is 5.11 Å². The zero-order valence-electron chi connectivity index (χ0n) is 10.5. The van der Waals surface area contributed by atoms with E-state index in [1.54, 1.807) is 0 Å². The van der Waals surface area contributed by atoms with Gasteiger partial charge in [-0.1, -0.05) is 30.3 Å². The van der Waals surface area contributed by atoms with Gasteiger partial charge in [-0.15, -0.1) is 0 Å². The molecule has 102 valence electrons. The van der Waals surface area contributed by atoms with Gasteiger partial charge in [-0.3, -0.25) is 9.00 Å². The van der Waals surface area contributed by atoms with Crippen LogP contribution in [0.2, 0.25) is 0 Å². The lowest BCUT2D eigenvalue weighted by Gasteiger charge is -2.10. The minimum Gasteiger partial charge on any atom is -0.395 e. The lowest BCUT2D eigenvalue weighted by molar-refractivity contribution is -0.127. The average Bonchev–Trinajstić information content (AvgIpc) is 2.89. The van der Waals surface area contributed by atoms with E-state index in [-0.39, 0.29) is 24.0 Å². The van der Waals surface area contributed by atoms with Gasteiger partial charge in [-0.25, -0.2) is 5.01 Å². The van der Waals surface area contributed by atoms with Crippen molar-refractivity contribution in [3.05, 3.63) is 35.9 Å². The standard InChI is InChI=1S/C13H16N2O3S/c16-8-9-19(18)10-13(17)15-7-6-12(14-15)11-4-2-1-3-5-11/h1-5,16H,6-10H2. The van der Waals surface area contributed by atoms with E-state index in [9.17, 15) is 9.00 Å². The number of rotatable bonds is 5. The Morgan fingerprint density at radius 2 is 2.11 bits per heavy atom. The Balaban J connectivity index is 1.99. The molecule has 0 aromatic heterocycles. The van der Waals surface area contributed by atoms with Crippen molar-refractivity contribution in [2.24, 2.45) is 5.10 Å². The molecule has 0 radical (unpaired) electrons. The number of hydrogen-bond donors (Lipinski definition) is 1. The molecular formula is C13H16N2O3S. The van der Waals surface area contributed by atoms with Gasteiger partial charge in [0.1, 0.15) is 5.75 Å². The molecule has 0 saturated carbocycles. The van der Waals surface area contributed by atoms with Gasteiger partial charge >= 0.3 is 0 Å². The highest BCUT2D eigenvalue weighted by molar-refractivity contribution is 7.85. The molecule has 1 N–H and O–H groups in total. The number of carbonyl (C=O) groups is 1. The summed E-state index contributed by atoms with van der Waals surface area (Å²) in [7, 11) is -1.31.